The van der Waals surface area contributed by atoms with E-state index in [1.165, 1.54) is 12.1 Å². The van der Waals surface area contributed by atoms with Crippen LogP contribution in [-0.2, 0) is 11.2 Å². The van der Waals surface area contributed by atoms with Crippen molar-refractivity contribution in [3.63, 3.8) is 0 Å². The fourth-order valence-corrected chi connectivity index (χ4v) is 2.93. The summed E-state index contributed by atoms with van der Waals surface area (Å²) < 4.78 is 13.1. The zero-order valence-corrected chi connectivity index (χ0v) is 14.9. The van der Waals surface area contributed by atoms with Gasteiger partial charge in [-0.05, 0) is 31.0 Å². The normalized spacial score (nSPS) is 15.6. The van der Waals surface area contributed by atoms with Gasteiger partial charge < -0.3 is 15.1 Å². The van der Waals surface area contributed by atoms with E-state index >= 15 is 0 Å². The first kappa shape index (κ1) is 18.5. The number of nitrogens with one attached hydrogen (secondary N) is 1. The quantitative estimate of drug-likeness (QED) is 0.665. The van der Waals surface area contributed by atoms with Crippen molar-refractivity contribution < 1.29 is 9.18 Å². The van der Waals surface area contributed by atoms with Gasteiger partial charge in [-0.3, -0.25) is 9.79 Å². The van der Waals surface area contributed by atoms with E-state index in [0.717, 1.165) is 31.2 Å². The number of aliphatic imine (C=N–C) groups is 1. The Morgan fingerprint density at radius 1 is 1.29 bits per heavy atom. The molecule has 0 spiro atoms. The molecule has 5 nitrogen and oxygen atoms in total. The molecule has 7 heteroatoms. The molecule has 1 fully saturated rings. The van der Waals surface area contributed by atoms with Crippen LogP contribution in [0.4, 0.5) is 4.39 Å². The van der Waals surface area contributed by atoms with Gasteiger partial charge in [0.25, 0.3) is 0 Å². The van der Waals surface area contributed by atoms with Crippen LogP contribution < -0.4 is 5.32 Å². The predicted molar refractivity (Wildman–Crippen MR) is 94.9 cm³/mol. The van der Waals surface area contributed by atoms with E-state index in [4.69, 9.17) is 11.6 Å². The van der Waals surface area contributed by atoms with Crippen LogP contribution in [0.3, 0.4) is 0 Å². The summed E-state index contributed by atoms with van der Waals surface area (Å²) in [6.45, 7) is 7.93. The molecule has 24 heavy (non-hydrogen) atoms. The van der Waals surface area contributed by atoms with E-state index in [1.807, 2.05) is 11.8 Å². The number of rotatable bonds is 4. The van der Waals surface area contributed by atoms with E-state index in [1.54, 1.807) is 13.0 Å². The molecule has 1 amide bonds. The predicted octanol–water partition coefficient (Wildman–Crippen LogP) is 2.15. The first-order valence-corrected chi connectivity index (χ1v) is 8.61. The summed E-state index contributed by atoms with van der Waals surface area (Å²) in [7, 11) is 0. The molecule has 0 bridgehead atoms. The molecule has 2 rings (SSSR count). The highest BCUT2D eigenvalue weighted by Crippen LogP contribution is 2.17. The number of carbonyl (C=O) groups is 1. The van der Waals surface area contributed by atoms with Gasteiger partial charge >= 0.3 is 0 Å². The number of nitrogens with zero attached hydrogens (tertiary/aromatic N) is 3. The minimum absolute atomic E-state index is 0.113. The molecule has 1 heterocycles. The van der Waals surface area contributed by atoms with Gasteiger partial charge in [0.2, 0.25) is 5.91 Å². The Morgan fingerprint density at radius 3 is 2.54 bits per heavy atom. The number of halogens is 2. The molecule has 1 aliphatic heterocycles. The number of benzene rings is 1. The molecule has 1 N–H and O–H groups in total. The molecule has 1 saturated heterocycles. The van der Waals surface area contributed by atoms with E-state index in [2.05, 4.69) is 15.2 Å². The lowest BCUT2D eigenvalue weighted by molar-refractivity contribution is -0.130. The fraction of sp³-hybridized carbons (Fsp3) is 0.529. The average Bonchev–Trinajstić information content (AvgIpc) is 2.56. The Bertz CT molecular complexity index is 600. The van der Waals surface area contributed by atoms with Gasteiger partial charge in [-0.2, -0.15) is 0 Å². The summed E-state index contributed by atoms with van der Waals surface area (Å²) in [5, 5.41) is 3.72. The van der Waals surface area contributed by atoms with Gasteiger partial charge in [0.05, 0.1) is 0 Å². The van der Waals surface area contributed by atoms with Crippen molar-refractivity contribution >= 4 is 23.5 Å². The lowest BCUT2D eigenvalue weighted by atomic mass is 10.1. The van der Waals surface area contributed by atoms with E-state index in [9.17, 15) is 9.18 Å². The molecule has 1 aromatic rings. The number of guanidine groups is 1. The van der Waals surface area contributed by atoms with Gasteiger partial charge in [0.15, 0.2) is 5.96 Å². The number of hydrogen-bond acceptors (Lipinski definition) is 2. The summed E-state index contributed by atoms with van der Waals surface area (Å²) in [5.74, 6) is 0.630. The molecule has 0 radical (unpaired) electrons. The fourth-order valence-electron chi connectivity index (χ4n) is 2.67. The van der Waals surface area contributed by atoms with Crippen molar-refractivity contribution in [1.82, 2.24) is 15.1 Å². The maximum absolute atomic E-state index is 13.1. The zero-order valence-electron chi connectivity index (χ0n) is 14.2. The highest BCUT2D eigenvalue weighted by Gasteiger charge is 2.20. The molecular weight excluding hydrogens is 331 g/mol. The van der Waals surface area contributed by atoms with Crippen LogP contribution in [0.25, 0.3) is 0 Å². The van der Waals surface area contributed by atoms with E-state index < -0.39 is 0 Å². The van der Waals surface area contributed by atoms with Crippen LogP contribution in [0.5, 0.6) is 0 Å². The first-order valence-electron chi connectivity index (χ1n) is 8.24. The summed E-state index contributed by atoms with van der Waals surface area (Å²) in [6.07, 6.45) is 0.654. The standard InChI is InChI=1S/C17H24ClFN4O/c1-3-20-17(23-10-8-22(9-11-23)13(2)24)21-7-6-14-4-5-15(19)12-16(14)18/h4-5,12H,3,6-11H2,1-2H3,(H,20,21). The molecule has 0 aliphatic carbocycles. The van der Waals surface area contributed by atoms with Crippen molar-refractivity contribution in [3.05, 3.63) is 34.6 Å². The van der Waals surface area contributed by atoms with Crippen LogP contribution in [0.1, 0.15) is 19.4 Å². The second-order valence-electron chi connectivity index (χ2n) is 5.71. The molecular formula is C17H24ClFN4O. The Hall–Kier alpha value is -1.82. The molecule has 132 valence electrons. The maximum atomic E-state index is 13.1. The lowest BCUT2D eigenvalue weighted by Gasteiger charge is -2.36. The third-order valence-electron chi connectivity index (χ3n) is 4.02. The van der Waals surface area contributed by atoms with Gasteiger partial charge in [0, 0.05) is 51.2 Å². The Balaban J connectivity index is 1.94. The third kappa shape index (κ3) is 5.09. The van der Waals surface area contributed by atoms with Gasteiger partial charge in [-0.1, -0.05) is 17.7 Å². The molecule has 1 aliphatic rings. The third-order valence-corrected chi connectivity index (χ3v) is 4.37. The van der Waals surface area contributed by atoms with Crippen LogP contribution in [-0.4, -0.2) is 60.9 Å². The van der Waals surface area contributed by atoms with Crippen molar-refractivity contribution in [2.24, 2.45) is 4.99 Å². The molecule has 0 saturated carbocycles. The minimum atomic E-state index is -0.330. The van der Waals surface area contributed by atoms with Crippen LogP contribution in [0, 0.1) is 5.82 Å². The summed E-state index contributed by atoms with van der Waals surface area (Å²) in [4.78, 5) is 20.1. The van der Waals surface area contributed by atoms with Gasteiger partial charge in [0.1, 0.15) is 5.82 Å². The smallest absolute Gasteiger partial charge is 0.219 e. The largest absolute Gasteiger partial charge is 0.357 e. The van der Waals surface area contributed by atoms with Crippen LogP contribution in [0.2, 0.25) is 5.02 Å². The molecule has 0 unspecified atom stereocenters. The van der Waals surface area contributed by atoms with Crippen LogP contribution >= 0.6 is 11.6 Å². The molecule has 0 aromatic heterocycles. The van der Waals surface area contributed by atoms with Crippen LogP contribution in [0.15, 0.2) is 23.2 Å². The Morgan fingerprint density at radius 2 is 1.96 bits per heavy atom. The SMILES string of the molecule is CCNC(=NCCc1ccc(F)cc1Cl)N1CCN(C(C)=O)CC1. The minimum Gasteiger partial charge on any atom is -0.357 e. The topological polar surface area (TPSA) is 47.9 Å². The van der Waals surface area contributed by atoms with E-state index in [0.29, 0.717) is 31.1 Å². The Labute approximate surface area is 147 Å². The van der Waals surface area contributed by atoms with Crippen molar-refractivity contribution in [1.29, 1.82) is 0 Å². The van der Waals surface area contributed by atoms with Crippen molar-refractivity contribution in [2.75, 3.05) is 39.3 Å². The maximum Gasteiger partial charge on any atom is 0.219 e. The Kier molecular flexibility index (Phi) is 6.85. The molecule has 1 aromatic carbocycles. The zero-order chi connectivity index (χ0) is 17.5. The lowest BCUT2D eigenvalue weighted by Crippen LogP contribution is -2.53. The number of amides is 1. The average molecular weight is 355 g/mol. The number of carbonyl (C=O) groups excluding carboxylic acids is 1. The number of hydrogen-bond donors (Lipinski definition) is 1. The highest BCUT2D eigenvalue weighted by atomic mass is 35.5. The second kappa shape index (κ2) is 8.87. The number of piperazine rings is 1. The molecule has 0 atom stereocenters. The van der Waals surface area contributed by atoms with E-state index in [-0.39, 0.29) is 11.7 Å². The van der Waals surface area contributed by atoms with Gasteiger partial charge in [-0.25, -0.2) is 4.39 Å². The second-order valence-corrected chi connectivity index (χ2v) is 6.12. The summed E-state index contributed by atoms with van der Waals surface area (Å²) in [5.41, 5.74) is 0.888. The van der Waals surface area contributed by atoms with Crippen molar-refractivity contribution in [3.8, 4) is 0 Å². The van der Waals surface area contributed by atoms with Gasteiger partial charge in [-0.15, -0.1) is 0 Å². The summed E-state index contributed by atoms with van der Waals surface area (Å²) >= 11 is 6.05. The first-order chi connectivity index (χ1) is 11.5. The summed E-state index contributed by atoms with van der Waals surface area (Å²) in [6, 6.07) is 4.44. The van der Waals surface area contributed by atoms with Crippen molar-refractivity contribution in [2.45, 2.75) is 20.3 Å². The highest BCUT2D eigenvalue weighted by molar-refractivity contribution is 6.31. The monoisotopic (exact) mass is 354 g/mol.